The molecule has 1 saturated heterocycles. The molecule has 0 radical (unpaired) electrons. The van der Waals surface area contributed by atoms with Gasteiger partial charge in [-0.3, -0.25) is 9.59 Å². The van der Waals surface area contributed by atoms with Crippen LogP contribution in [0.25, 0.3) is 0 Å². The third-order valence-electron chi connectivity index (χ3n) is 3.70. The Kier molecular flexibility index (Phi) is 5.08. The van der Waals surface area contributed by atoms with Gasteiger partial charge in [0.2, 0.25) is 5.95 Å². The maximum atomic E-state index is 12.5. The fraction of sp³-hybridized carbons (Fsp3) is 0.571. The summed E-state index contributed by atoms with van der Waals surface area (Å²) in [7, 11) is 1.71. The maximum Gasteiger partial charge on any atom is 0.303 e. The van der Waals surface area contributed by atoms with Crippen molar-refractivity contribution in [2.24, 2.45) is 0 Å². The van der Waals surface area contributed by atoms with Gasteiger partial charge in [0.25, 0.3) is 5.91 Å². The molecule has 2 rings (SSSR count). The highest BCUT2D eigenvalue weighted by Gasteiger charge is 2.28. The summed E-state index contributed by atoms with van der Waals surface area (Å²) in [6, 6.07) is -0.00803. The average molecular weight is 292 g/mol. The zero-order chi connectivity index (χ0) is 15.2. The Bertz CT molecular complexity index is 503. The Balaban J connectivity index is 2.08. The third kappa shape index (κ3) is 3.90. The van der Waals surface area contributed by atoms with Crippen LogP contribution in [0.15, 0.2) is 12.4 Å². The Labute approximate surface area is 123 Å². The molecule has 7 nitrogen and oxygen atoms in total. The molecule has 0 aromatic carbocycles. The number of piperidine rings is 1. The third-order valence-corrected chi connectivity index (χ3v) is 3.70. The van der Waals surface area contributed by atoms with Crippen LogP contribution < -0.4 is 5.32 Å². The van der Waals surface area contributed by atoms with Gasteiger partial charge in [-0.05, 0) is 25.7 Å². The van der Waals surface area contributed by atoms with Crippen LogP contribution in [0.1, 0.15) is 42.5 Å². The van der Waals surface area contributed by atoms with Crippen molar-refractivity contribution in [3.05, 3.63) is 18.0 Å². The van der Waals surface area contributed by atoms with E-state index in [0.717, 1.165) is 19.3 Å². The Hall–Kier alpha value is -2.18. The van der Waals surface area contributed by atoms with Crippen LogP contribution in [0.3, 0.4) is 0 Å². The molecule has 0 saturated carbocycles. The summed E-state index contributed by atoms with van der Waals surface area (Å²) >= 11 is 0. The van der Waals surface area contributed by atoms with Crippen molar-refractivity contribution in [1.29, 1.82) is 0 Å². The molecule has 114 valence electrons. The Morgan fingerprint density at radius 1 is 1.38 bits per heavy atom. The largest absolute Gasteiger partial charge is 0.481 e. The highest BCUT2D eigenvalue weighted by atomic mass is 16.4. The van der Waals surface area contributed by atoms with Crippen molar-refractivity contribution in [1.82, 2.24) is 14.9 Å². The smallest absolute Gasteiger partial charge is 0.303 e. The minimum atomic E-state index is -0.824. The van der Waals surface area contributed by atoms with Crippen molar-refractivity contribution in [3.63, 3.8) is 0 Å². The summed E-state index contributed by atoms with van der Waals surface area (Å²) in [5.41, 5.74) is 0.441. The summed E-state index contributed by atoms with van der Waals surface area (Å²) in [5.74, 6) is -0.477. The molecular weight excluding hydrogens is 272 g/mol. The number of carbonyl (C=O) groups excluding carboxylic acids is 1. The topological polar surface area (TPSA) is 95.4 Å². The maximum absolute atomic E-state index is 12.5. The van der Waals surface area contributed by atoms with E-state index in [4.69, 9.17) is 5.11 Å². The van der Waals surface area contributed by atoms with Crippen LogP contribution in [0.4, 0.5) is 5.95 Å². The standard InChI is InChI=1S/C14H20N4O3/c1-15-14-16-8-10(9-17-14)13(21)18-7-3-2-4-11(18)5-6-12(19)20/h8-9,11H,2-7H2,1H3,(H,19,20)(H,15,16,17). The van der Waals surface area contributed by atoms with Crippen molar-refractivity contribution in [2.45, 2.75) is 38.1 Å². The SMILES string of the molecule is CNc1ncc(C(=O)N2CCCCC2CCC(=O)O)cn1. The number of amides is 1. The van der Waals surface area contributed by atoms with Gasteiger partial charge in [-0.1, -0.05) is 0 Å². The summed E-state index contributed by atoms with van der Waals surface area (Å²) in [6.45, 7) is 0.664. The Morgan fingerprint density at radius 2 is 2.10 bits per heavy atom. The molecule has 1 unspecified atom stereocenters. The van der Waals surface area contributed by atoms with Crippen LogP contribution in [0.2, 0.25) is 0 Å². The molecule has 21 heavy (non-hydrogen) atoms. The summed E-state index contributed by atoms with van der Waals surface area (Å²) < 4.78 is 0. The normalized spacial score (nSPS) is 18.3. The number of rotatable bonds is 5. The number of carboxylic acid groups (broad SMARTS) is 1. The lowest BCUT2D eigenvalue weighted by Crippen LogP contribution is -2.44. The molecule has 1 aliphatic heterocycles. The second kappa shape index (κ2) is 7.01. The molecular formula is C14H20N4O3. The lowest BCUT2D eigenvalue weighted by atomic mass is 9.97. The number of nitrogens with zero attached hydrogens (tertiary/aromatic N) is 3. The van der Waals surface area contributed by atoms with E-state index in [-0.39, 0.29) is 18.4 Å². The fourth-order valence-corrected chi connectivity index (χ4v) is 2.59. The van der Waals surface area contributed by atoms with E-state index in [1.165, 1.54) is 12.4 Å². The molecule has 0 bridgehead atoms. The van der Waals surface area contributed by atoms with Crippen molar-refractivity contribution >= 4 is 17.8 Å². The number of likely N-dealkylation sites (tertiary alicyclic amines) is 1. The van der Waals surface area contributed by atoms with E-state index < -0.39 is 5.97 Å². The fourth-order valence-electron chi connectivity index (χ4n) is 2.59. The molecule has 7 heteroatoms. The van der Waals surface area contributed by atoms with Gasteiger partial charge in [0, 0.05) is 38.4 Å². The van der Waals surface area contributed by atoms with E-state index in [9.17, 15) is 9.59 Å². The molecule has 1 aromatic rings. The number of hydrogen-bond acceptors (Lipinski definition) is 5. The van der Waals surface area contributed by atoms with E-state index in [0.29, 0.717) is 24.5 Å². The van der Waals surface area contributed by atoms with Crippen LogP contribution in [-0.4, -0.2) is 51.5 Å². The summed E-state index contributed by atoms with van der Waals surface area (Å²) in [4.78, 5) is 33.1. The molecule has 0 aliphatic carbocycles. The zero-order valence-electron chi connectivity index (χ0n) is 12.1. The molecule has 1 aromatic heterocycles. The van der Waals surface area contributed by atoms with Gasteiger partial charge in [0.1, 0.15) is 0 Å². The zero-order valence-corrected chi connectivity index (χ0v) is 12.1. The van der Waals surface area contributed by atoms with Gasteiger partial charge in [0.15, 0.2) is 0 Å². The number of nitrogens with one attached hydrogen (secondary N) is 1. The van der Waals surface area contributed by atoms with E-state index >= 15 is 0 Å². The van der Waals surface area contributed by atoms with E-state index in [1.807, 2.05) is 0 Å². The number of carbonyl (C=O) groups is 2. The van der Waals surface area contributed by atoms with Crippen molar-refractivity contribution in [2.75, 3.05) is 18.9 Å². The van der Waals surface area contributed by atoms with Gasteiger partial charge >= 0.3 is 5.97 Å². The highest BCUT2D eigenvalue weighted by Crippen LogP contribution is 2.22. The molecule has 2 heterocycles. The molecule has 0 spiro atoms. The van der Waals surface area contributed by atoms with Crippen LogP contribution in [0, 0.1) is 0 Å². The summed E-state index contributed by atoms with van der Waals surface area (Å²) in [6.07, 6.45) is 6.43. The molecule has 1 aliphatic rings. The summed E-state index contributed by atoms with van der Waals surface area (Å²) in [5, 5.41) is 11.6. The van der Waals surface area contributed by atoms with Gasteiger partial charge < -0.3 is 15.3 Å². The number of hydrogen-bond donors (Lipinski definition) is 2. The van der Waals surface area contributed by atoms with Gasteiger partial charge in [-0.15, -0.1) is 0 Å². The number of aromatic nitrogens is 2. The minimum Gasteiger partial charge on any atom is -0.481 e. The second-order valence-corrected chi connectivity index (χ2v) is 5.13. The quantitative estimate of drug-likeness (QED) is 0.851. The number of aliphatic carboxylic acids is 1. The first-order valence-corrected chi connectivity index (χ1v) is 7.14. The molecule has 1 atom stereocenters. The van der Waals surface area contributed by atoms with Crippen LogP contribution in [0.5, 0.6) is 0 Å². The Morgan fingerprint density at radius 3 is 2.71 bits per heavy atom. The van der Waals surface area contributed by atoms with Crippen molar-refractivity contribution in [3.8, 4) is 0 Å². The van der Waals surface area contributed by atoms with E-state index in [1.54, 1.807) is 11.9 Å². The monoisotopic (exact) mass is 292 g/mol. The van der Waals surface area contributed by atoms with Crippen molar-refractivity contribution < 1.29 is 14.7 Å². The first kappa shape index (κ1) is 15.2. The first-order valence-electron chi connectivity index (χ1n) is 7.14. The van der Waals surface area contributed by atoms with Gasteiger partial charge in [0.05, 0.1) is 5.56 Å². The molecule has 1 fully saturated rings. The average Bonchev–Trinajstić information content (AvgIpc) is 2.52. The lowest BCUT2D eigenvalue weighted by molar-refractivity contribution is -0.137. The lowest BCUT2D eigenvalue weighted by Gasteiger charge is -2.35. The predicted molar refractivity (Wildman–Crippen MR) is 77.1 cm³/mol. The van der Waals surface area contributed by atoms with Crippen LogP contribution in [-0.2, 0) is 4.79 Å². The highest BCUT2D eigenvalue weighted by molar-refractivity contribution is 5.94. The first-order chi connectivity index (χ1) is 10.1. The van der Waals surface area contributed by atoms with Gasteiger partial charge in [-0.2, -0.15) is 0 Å². The molecule has 2 N–H and O–H groups in total. The predicted octanol–water partition coefficient (Wildman–Crippen LogP) is 1.38. The van der Waals surface area contributed by atoms with Gasteiger partial charge in [-0.25, -0.2) is 9.97 Å². The van der Waals surface area contributed by atoms with E-state index in [2.05, 4.69) is 15.3 Å². The molecule has 1 amide bonds. The second-order valence-electron chi connectivity index (χ2n) is 5.13. The van der Waals surface area contributed by atoms with Crippen LogP contribution >= 0.6 is 0 Å². The minimum absolute atomic E-state index is 0.00803. The number of anilines is 1. The number of carboxylic acids is 1.